The van der Waals surface area contributed by atoms with E-state index in [1.807, 2.05) is 67.7 Å². The number of nitrogens with zero attached hydrogens (tertiary/aromatic N) is 4. The number of anilines is 1. The SMILES string of the molecule is COC(C(=O)N1CCN(c2ccccc2C)CC1C(N)=O)c1ccc(OC2CCN(Cc3cccnc3)CC2)cc1. The number of amides is 2. The molecule has 0 bridgehead atoms. The molecule has 0 aliphatic carbocycles. The molecule has 2 aliphatic rings. The van der Waals surface area contributed by atoms with E-state index in [2.05, 4.69) is 20.9 Å². The fourth-order valence-electron chi connectivity index (χ4n) is 5.81. The Morgan fingerprint density at radius 3 is 2.41 bits per heavy atom. The number of nitrogens with two attached hydrogens (primary N) is 1. The van der Waals surface area contributed by atoms with Crippen molar-refractivity contribution in [3.63, 3.8) is 0 Å². The number of carbonyl (C=O) groups excluding carboxylic acids is 2. The van der Waals surface area contributed by atoms with Crippen LogP contribution in [0, 0.1) is 6.92 Å². The monoisotopic (exact) mass is 557 g/mol. The normalized spacial score (nSPS) is 19.1. The Morgan fingerprint density at radius 1 is 1.00 bits per heavy atom. The van der Waals surface area contributed by atoms with Gasteiger partial charge in [0.15, 0.2) is 6.10 Å². The number of methoxy groups -OCH3 is 1. The molecule has 216 valence electrons. The molecule has 2 unspecified atom stereocenters. The summed E-state index contributed by atoms with van der Waals surface area (Å²) >= 11 is 0. The van der Waals surface area contributed by atoms with Crippen LogP contribution in [-0.4, -0.2) is 78.6 Å². The van der Waals surface area contributed by atoms with Gasteiger partial charge in [0.05, 0.1) is 0 Å². The second-order valence-corrected chi connectivity index (χ2v) is 10.8. The molecule has 1 aromatic heterocycles. The number of benzene rings is 2. The van der Waals surface area contributed by atoms with Gasteiger partial charge in [-0.2, -0.15) is 0 Å². The van der Waals surface area contributed by atoms with Gasteiger partial charge in [0.1, 0.15) is 17.9 Å². The lowest BCUT2D eigenvalue weighted by Gasteiger charge is -2.42. The highest BCUT2D eigenvalue weighted by Gasteiger charge is 2.38. The van der Waals surface area contributed by atoms with Crippen LogP contribution in [0.15, 0.2) is 73.1 Å². The number of aryl methyl sites for hydroxylation is 1. The molecule has 2 saturated heterocycles. The van der Waals surface area contributed by atoms with Crippen LogP contribution in [0.2, 0.25) is 0 Å². The van der Waals surface area contributed by atoms with E-state index < -0.39 is 18.1 Å². The Labute approximate surface area is 241 Å². The number of likely N-dealkylation sites (tertiary alicyclic amines) is 1. The average molecular weight is 558 g/mol. The van der Waals surface area contributed by atoms with Gasteiger partial charge in [-0.15, -0.1) is 0 Å². The topological polar surface area (TPSA) is 101 Å². The van der Waals surface area contributed by atoms with Crippen LogP contribution in [0.25, 0.3) is 0 Å². The molecule has 3 heterocycles. The number of hydrogen-bond donors (Lipinski definition) is 1. The maximum atomic E-state index is 13.7. The molecule has 0 spiro atoms. The van der Waals surface area contributed by atoms with Crippen molar-refractivity contribution < 1.29 is 19.1 Å². The maximum Gasteiger partial charge on any atom is 0.257 e. The van der Waals surface area contributed by atoms with Crippen molar-refractivity contribution in [3.8, 4) is 5.75 Å². The third-order valence-corrected chi connectivity index (χ3v) is 8.06. The van der Waals surface area contributed by atoms with E-state index in [0.717, 1.165) is 49.5 Å². The van der Waals surface area contributed by atoms with Crippen LogP contribution in [-0.2, 0) is 20.9 Å². The number of para-hydroxylation sites is 1. The molecule has 3 aromatic rings. The smallest absolute Gasteiger partial charge is 0.257 e. The van der Waals surface area contributed by atoms with E-state index >= 15 is 0 Å². The van der Waals surface area contributed by atoms with Crippen molar-refractivity contribution in [3.05, 3.63) is 89.7 Å². The Balaban J connectivity index is 1.18. The van der Waals surface area contributed by atoms with E-state index in [1.54, 1.807) is 11.1 Å². The highest BCUT2D eigenvalue weighted by molar-refractivity contribution is 5.90. The highest BCUT2D eigenvalue weighted by Crippen LogP contribution is 2.28. The zero-order valence-corrected chi connectivity index (χ0v) is 23.8. The molecule has 0 radical (unpaired) electrons. The molecule has 2 aromatic carbocycles. The first-order valence-corrected chi connectivity index (χ1v) is 14.2. The lowest BCUT2D eigenvalue weighted by Crippen LogP contribution is -2.61. The first-order chi connectivity index (χ1) is 19.9. The zero-order valence-electron chi connectivity index (χ0n) is 23.8. The molecular weight excluding hydrogens is 518 g/mol. The lowest BCUT2D eigenvalue weighted by atomic mass is 10.0. The molecule has 9 nitrogen and oxygen atoms in total. The molecule has 0 saturated carbocycles. The summed E-state index contributed by atoms with van der Waals surface area (Å²) in [5.74, 6) is -0.0271. The molecule has 5 rings (SSSR count). The van der Waals surface area contributed by atoms with Gasteiger partial charge in [-0.05, 0) is 60.7 Å². The number of piperazine rings is 1. The third-order valence-electron chi connectivity index (χ3n) is 8.06. The van der Waals surface area contributed by atoms with E-state index in [-0.39, 0.29) is 12.0 Å². The minimum Gasteiger partial charge on any atom is -0.490 e. The molecule has 2 N–H and O–H groups in total. The highest BCUT2D eigenvalue weighted by atomic mass is 16.5. The summed E-state index contributed by atoms with van der Waals surface area (Å²) in [5.41, 5.74) is 9.88. The van der Waals surface area contributed by atoms with Gasteiger partial charge in [-0.25, -0.2) is 0 Å². The summed E-state index contributed by atoms with van der Waals surface area (Å²) in [4.78, 5) is 36.4. The fraction of sp³-hybridized carbons (Fsp3) is 0.406. The standard InChI is InChI=1S/C32H39N5O4/c1-23-6-3-4-8-28(23)36-18-19-37(29(22-36)31(33)38)32(39)30(40-2)25-9-11-26(12-10-25)41-27-13-16-35(17-14-27)21-24-7-5-15-34-20-24/h3-12,15,20,27,29-30H,13-14,16-19,21-22H2,1-2H3,(H2,33,38). The number of pyridine rings is 1. The Kier molecular flexibility index (Phi) is 9.16. The second kappa shape index (κ2) is 13.1. The molecule has 2 aliphatic heterocycles. The first kappa shape index (κ1) is 28.6. The van der Waals surface area contributed by atoms with E-state index in [1.165, 1.54) is 12.7 Å². The van der Waals surface area contributed by atoms with Gasteiger partial charge in [0.25, 0.3) is 5.91 Å². The van der Waals surface area contributed by atoms with Crippen molar-refractivity contribution in [1.29, 1.82) is 0 Å². The number of rotatable bonds is 9. The quantitative estimate of drug-likeness (QED) is 0.431. The molecule has 2 fully saturated rings. The van der Waals surface area contributed by atoms with Crippen LogP contribution in [0.1, 0.15) is 35.6 Å². The Bertz CT molecular complexity index is 1310. The van der Waals surface area contributed by atoms with E-state index in [4.69, 9.17) is 15.2 Å². The third kappa shape index (κ3) is 6.86. The number of primary amides is 1. The molecule has 2 atom stereocenters. The van der Waals surface area contributed by atoms with Crippen LogP contribution >= 0.6 is 0 Å². The van der Waals surface area contributed by atoms with Crippen LogP contribution in [0.5, 0.6) is 5.75 Å². The second-order valence-electron chi connectivity index (χ2n) is 10.8. The summed E-state index contributed by atoms with van der Waals surface area (Å²) in [7, 11) is 1.51. The summed E-state index contributed by atoms with van der Waals surface area (Å²) in [6, 6.07) is 18.8. The number of carbonyl (C=O) groups is 2. The van der Waals surface area contributed by atoms with Gasteiger partial charge >= 0.3 is 0 Å². The number of ether oxygens (including phenoxy) is 2. The summed E-state index contributed by atoms with van der Waals surface area (Å²) in [6.45, 7) is 6.20. The molecule has 9 heteroatoms. The van der Waals surface area contributed by atoms with Crippen LogP contribution in [0.3, 0.4) is 0 Å². The summed E-state index contributed by atoms with van der Waals surface area (Å²) in [5, 5.41) is 0. The number of piperidine rings is 1. The van der Waals surface area contributed by atoms with Crippen molar-refractivity contribution in [2.24, 2.45) is 5.73 Å². The zero-order chi connectivity index (χ0) is 28.8. The van der Waals surface area contributed by atoms with Crippen molar-refractivity contribution >= 4 is 17.5 Å². The minimum absolute atomic E-state index is 0.145. The fourth-order valence-corrected chi connectivity index (χ4v) is 5.81. The van der Waals surface area contributed by atoms with Gasteiger partial charge < -0.3 is 25.0 Å². The Morgan fingerprint density at radius 2 is 1.76 bits per heavy atom. The lowest BCUT2D eigenvalue weighted by molar-refractivity contribution is -0.149. The van der Waals surface area contributed by atoms with Gasteiger partial charge in [-0.1, -0.05) is 36.4 Å². The van der Waals surface area contributed by atoms with Crippen LogP contribution in [0.4, 0.5) is 5.69 Å². The van der Waals surface area contributed by atoms with Gasteiger partial charge in [-0.3, -0.25) is 19.5 Å². The van der Waals surface area contributed by atoms with Gasteiger partial charge in [0, 0.05) is 64.5 Å². The largest absolute Gasteiger partial charge is 0.490 e. The summed E-state index contributed by atoms with van der Waals surface area (Å²) < 4.78 is 11.9. The van der Waals surface area contributed by atoms with Crippen LogP contribution < -0.4 is 15.4 Å². The molecule has 2 amide bonds. The van der Waals surface area contributed by atoms with Crippen molar-refractivity contribution in [1.82, 2.24) is 14.8 Å². The predicted octanol–water partition coefficient (Wildman–Crippen LogP) is 3.32. The average Bonchev–Trinajstić information content (AvgIpc) is 3.00. The maximum absolute atomic E-state index is 13.7. The minimum atomic E-state index is -0.841. The number of aromatic nitrogens is 1. The van der Waals surface area contributed by atoms with Crippen molar-refractivity contribution in [2.45, 2.75) is 44.6 Å². The first-order valence-electron chi connectivity index (χ1n) is 14.2. The molecule has 41 heavy (non-hydrogen) atoms. The number of hydrogen-bond acceptors (Lipinski definition) is 7. The van der Waals surface area contributed by atoms with Crippen molar-refractivity contribution in [2.75, 3.05) is 44.7 Å². The Hall–Kier alpha value is -3.95. The summed E-state index contributed by atoms with van der Waals surface area (Å²) in [6.07, 6.45) is 4.92. The molecular formula is C32H39N5O4. The predicted molar refractivity (Wildman–Crippen MR) is 157 cm³/mol. The van der Waals surface area contributed by atoms with Gasteiger partial charge in [0.2, 0.25) is 5.91 Å². The van der Waals surface area contributed by atoms with E-state index in [9.17, 15) is 9.59 Å². The van der Waals surface area contributed by atoms with E-state index in [0.29, 0.717) is 25.2 Å².